The quantitative estimate of drug-likeness (QED) is 0.590. The highest BCUT2D eigenvalue weighted by Crippen LogP contribution is 2.26. The Labute approximate surface area is 171 Å². The first-order valence-corrected chi connectivity index (χ1v) is 10.8. The van der Waals surface area contributed by atoms with Crippen molar-refractivity contribution in [1.29, 1.82) is 0 Å². The molecule has 4 rings (SSSR count). The molecule has 30 heavy (non-hydrogen) atoms. The van der Waals surface area contributed by atoms with Gasteiger partial charge in [0.2, 0.25) is 0 Å². The lowest BCUT2D eigenvalue weighted by Crippen LogP contribution is -2.42. The Morgan fingerprint density at radius 2 is 2.10 bits per heavy atom. The predicted molar refractivity (Wildman–Crippen MR) is 105 cm³/mol. The molecule has 0 saturated carbocycles. The number of nitrogens with one attached hydrogen (secondary N) is 1. The molecule has 1 aliphatic rings. The first-order valence-electron chi connectivity index (χ1n) is 9.28. The molecule has 0 radical (unpaired) electrons. The summed E-state index contributed by atoms with van der Waals surface area (Å²) in [4.78, 5) is 14.8. The molecule has 3 aromatic heterocycles. The highest BCUT2D eigenvalue weighted by atomic mass is 32.2. The summed E-state index contributed by atoms with van der Waals surface area (Å²) < 4.78 is 52.0. The second-order valence-corrected chi connectivity index (χ2v) is 8.46. The molecule has 0 bridgehead atoms. The fraction of sp³-hybridized carbons (Fsp3) is 0.412. The van der Waals surface area contributed by atoms with Gasteiger partial charge in [-0.2, -0.15) is 13.5 Å². The molecule has 0 aromatic carbocycles. The maximum absolute atomic E-state index is 13.0. The number of fused-ring (bicyclic) bond motifs is 1. The molecular formula is C17H20F2N8O2S. The molecular weight excluding hydrogens is 418 g/mol. The lowest BCUT2D eigenvalue weighted by Gasteiger charge is -2.33. The maximum atomic E-state index is 13.0. The second kappa shape index (κ2) is 8.16. The van der Waals surface area contributed by atoms with Gasteiger partial charge in [0, 0.05) is 25.7 Å². The molecule has 1 atom stereocenters. The Bertz CT molecular complexity index is 1150. The summed E-state index contributed by atoms with van der Waals surface area (Å²) in [5, 5.41) is 8.98. The molecule has 160 valence electrons. The number of hydrogen-bond donors (Lipinski definition) is 2. The summed E-state index contributed by atoms with van der Waals surface area (Å²) in [5.74, 6) is 0.738. The van der Waals surface area contributed by atoms with Crippen LogP contribution in [0.15, 0.2) is 30.7 Å². The van der Waals surface area contributed by atoms with Gasteiger partial charge in [-0.15, -0.1) is 0 Å². The van der Waals surface area contributed by atoms with E-state index in [0.717, 1.165) is 19.4 Å². The Balaban J connectivity index is 1.59. The summed E-state index contributed by atoms with van der Waals surface area (Å²) in [6.07, 6.45) is 1.96. The zero-order chi connectivity index (χ0) is 21.3. The van der Waals surface area contributed by atoms with Crippen molar-refractivity contribution in [3.63, 3.8) is 0 Å². The number of alkyl halides is 2. The lowest BCUT2D eigenvalue weighted by molar-refractivity contribution is 0.144. The number of halogens is 2. The van der Waals surface area contributed by atoms with Gasteiger partial charge in [-0.1, -0.05) is 0 Å². The fourth-order valence-electron chi connectivity index (χ4n) is 3.51. The molecule has 3 N–H and O–H groups in total. The average Bonchev–Trinajstić information content (AvgIpc) is 3.15. The third-order valence-corrected chi connectivity index (χ3v) is 5.51. The zero-order valence-electron chi connectivity index (χ0n) is 15.8. The Kier molecular flexibility index (Phi) is 5.58. The second-order valence-electron chi connectivity index (χ2n) is 7.08. The number of nitrogens with zero attached hydrogens (tertiary/aromatic N) is 6. The summed E-state index contributed by atoms with van der Waals surface area (Å²) in [6.45, 7) is 1.60. The van der Waals surface area contributed by atoms with Crippen LogP contribution in [0.2, 0.25) is 0 Å². The van der Waals surface area contributed by atoms with E-state index in [2.05, 4.69) is 24.8 Å². The smallest absolute Gasteiger partial charge is 0.282 e. The van der Waals surface area contributed by atoms with E-state index in [0.29, 0.717) is 29.4 Å². The van der Waals surface area contributed by atoms with Crippen molar-refractivity contribution in [2.24, 2.45) is 11.1 Å². The van der Waals surface area contributed by atoms with Gasteiger partial charge >= 0.3 is 0 Å². The van der Waals surface area contributed by atoms with E-state index in [1.807, 2.05) is 4.90 Å². The van der Waals surface area contributed by atoms with Crippen LogP contribution in [0.3, 0.4) is 0 Å². The Hall–Kier alpha value is -2.77. The fourth-order valence-corrected chi connectivity index (χ4v) is 3.98. The van der Waals surface area contributed by atoms with Gasteiger partial charge in [0.1, 0.15) is 23.5 Å². The van der Waals surface area contributed by atoms with Gasteiger partial charge in [-0.25, -0.2) is 38.1 Å². The van der Waals surface area contributed by atoms with Gasteiger partial charge in [0.25, 0.3) is 16.6 Å². The van der Waals surface area contributed by atoms with Gasteiger partial charge in [-0.3, -0.25) is 0 Å². The van der Waals surface area contributed by atoms with E-state index >= 15 is 0 Å². The third kappa shape index (κ3) is 4.52. The third-order valence-electron chi connectivity index (χ3n) is 4.94. The molecule has 1 fully saturated rings. The standard InChI is InChI=1S/C17H20F2N8O2S/c18-17(19)12-3-4-15-21-8-14(27(15)25-12)13-6-16(23-10-22-13)26-5-1-2-11(9-26)7-24-30(20,28)29/h3-4,6,8,10-11,17,24H,1-2,5,7,9H2,(H2,20,28,29). The van der Waals surface area contributed by atoms with E-state index in [9.17, 15) is 17.2 Å². The summed E-state index contributed by atoms with van der Waals surface area (Å²) >= 11 is 0. The molecule has 10 nitrogen and oxygen atoms in total. The molecule has 0 amide bonds. The van der Waals surface area contributed by atoms with Gasteiger partial charge in [0.05, 0.1) is 11.9 Å². The number of rotatable bonds is 6. The van der Waals surface area contributed by atoms with Gasteiger partial charge in [0.15, 0.2) is 5.65 Å². The van der Waals surface area contributed by atoms with Crippen molar-refractivity contribution in [3.05, 3.63) is 36.4 Å². The van der Waals surface area contributed by atoms with Crippen LogP contribution in [0.4, 0.5) is 14.6 Å². The zero-order valence-corrected chi connectivity index (χ0v) is 16.6. The normalized spacial score (nSPS) is 17.7. The summed E-state index contributed by atoms with van der Waals surface area (Å²) in [5.41, 5.74) is 1.05. The summed E-state index contributed by atoms with van der Waals surface area (Å²) in [7, 11) is -3.74. The number of piperidine rings is 1. The molecule has 1 unspecified atom stereocenters. The van der Waals surface area contributed by atoms with Gasteiger partial charge in [-0.05, 0) is 30.9 Å². The van der Waals surface area contributed by atoms with Crippen molar-refractivity contribution in [2.75, 3.05) is 24.5 Å². The van der Waals surface area contributed by atoms with Crippen molar-refractivity contribution < 1.29 is 17.2 Å². The number of nitrogens with two attached hydrogens (primary N) is 1. The number of hydrogen-bond acceptors (Lipinski definition) is 7. The van der Waals surface area contributed by atoms with Crippen LogP contribution in [0.25, 0.3) is 17.0 Å². The number of anilines is 1. The van der Waals surface area contributed by atoms with E-state index in [4.69, 9.17) is 5.14 Å². The highest BCUT2D eigenvalue weighted by molar-refractivity contribution is 7.87. The Morgan fingerprint density at radius 3 is 2.87 bits per heavy atom. The first-order chi connectivity index (χ1) is 14.3. The van der Waals surface area contributed by atoms with E-state index in [1.165, 1.54) is 29.2 Å². The molecule has 1 aliphatic heterocycles. The lowest BCUT2D eigenvalue weighted by atomic mass is 9.98. The van der Waals surface area contributed by atoms with Crippen molar-refractivity contribution in [3.8, 4) is 11.4 Å². The van der Waals surface area contributed by atoms with Crippen LogP contribution in [0.1, 0.15) is 25.0 Å². The van der Waals surface area contributed by atoms with Crippen LogP contribution in [-0.4, -0.2) is 52.6 Å². The van der Waals surface area contributed by atoms with Crippen LogP contribution in [-0.2, 0) is 10.2 Å². The SMILES string of the molecule is NS(=O)(=O)NCC1CCCN(c2cc(-c3cnc4ccc(C(F)F)nn34)ncn2)C1. The van der Waals surface area contributed by atoms with Crippen molar-refractivity contribution >= 4 is 21.7 Å². The van der Waals surface area contributed by atoms with E-state index in [1.54, 1.807) is 6.07 Å². The van der Waals surface area contributed by atoms with E-state index < -0.39 is 16.6 Å². The predicted octanol–water partition coefficient (Wildman–Crippen LogP) is 1.13. The maximum Gasteiger partial charge on any atom is 0.282 e. The molecule has 13 heteroatoms. The number of imidazole rings is 1. The van der Waals surface area contributed by atoms with Crippen LogP contribution in [0, 0.1) is 5.92 Å². The highest BCUT2D eigenvalue weighted by Gasteiger charge is 2.23. The van der Waals surface area contributed by atoms with Crippen LogP contribution >= 0.6 is 0 Å². The average molecular weight is 438 g/mol. The molecule has 3 aromatic rings. The molecule has 1 saturated heterocycles. The monoisotopic (exact) mass is 438 g/mol. The molecule has 4 heterocycles. The Morgan fingerprint density at radius 1 is 1.27 bits per heavy atom. The topological polar surface area (TPSA) is 131 Å². The van der Waals surface area contributed by atoms with Crippen molar-refractivity contribution in [1.82, 2.24) is 29.3 Å². The molecule has 0 aliphatic carbocycles. The minimum Gasteiger partial charge on any atom is -0.356 e. The minimum atomic E-state index is -3.74. The van der Waals surface area contributed by atoms with E-state index in [-0.39, 0.29) is 18.2 Å². The minimum absolute atomic E-state index is 0.0848. The number of aromatic nitrogens is 5. The van der Waals surface area contributed by atoms with Gasteiger partial charge < -0.3 is 4.90 Å². The van der Waals surface area contributed by atoms with Crippen LogP contribution < -0.4 is 14.8 Å². The van der Waals surface area contributed by atoms with Crippen LogP contribution in [0.5, 0.6) is 0 Å². The first kappa shape index (κ1) is 20.5. The molecule has 0 spiro atoms. The van der Waals surface area contributed by atoms with Crippen molar-refractivity contribution in [2.45, 2.75) is 19.3 Å². The largest absolute Gasteiger partial charge is 0.356 e. The summed E-state index contributed by atoms with van der Waals surface area (Å²) in [6, 6.07) is 4.47.